The molecule has 28 heavy (non-hydrogen) atoms. The molecular formula is C20H21N7O. The van der Waals surface area contributed by atoms with Crippen LogP contribution in [0.2, 0.25) is 0 Å². The summed E-state index contributed by atoms with van der Waals surface area (Å²) in [4.78, 5) is 15.6. The molecular weight excluding hydrogens is 354 g/mol. The second-order valence-electron chi connectivity index (χ2n) is 6.15. The van der Waals surface area contributed by atoms with E-state index in [9.17, 15) is 0 Å². The number of anilines is 4. The Morgan fingerprint density at radius 1 is 0.857 bits per heavy atom. The fraction of sp³-hybridized carbons (Fsp3) is 0.200. The van der Waals surface area contributed by atoms with Crippen molar-refractivity contribution in [2.45, 2.75) is 0 Å². The van der Waals surface area contributed by atoms with Crippen LogP contribution in [0.1, 0.15) is 5.56 Å². The van der Waals surface area contributed by atoms with Gasteiger partial charge in [-0.2, -0.15) is 20.1 Å². The number of ether oxygens (including phenoxy) is 1. The summed E-state index contributed by atoms with van der Waals surface area (Å²) in [6.45, 7) is 2.78. The molecule has 0 spiro atoms. The van der Waals surface area contributed by atoms with Crippen LogP contribution in [0.3, 0.4) is 0 Å². The SMILES string of the molecule is C(=N\Nc1nc(Nc2ccccc2)nc(N2CCOCC2)n1)/c1ccccc1. The summed E-state index contributed by atoms with van der Waals surface area (Å²) >= 11 is 0. The normalized spacial score (nSPS) is 14.2. The predicted molar refractivity (Wildman–Crippen MR) is 110 cm³/mol. The molecule has 1 aliphatic heterocycles. The molecule has 2 heterocycles. The average molecular weight is 375 g/mol. The number of nitrogens with zero attached hydrogens (tertiary/aromatic N) is 5. The molecule has 0 bridgehead atoms. The molecule has 1 fully saturated rings. The Morgan fingerprint density at radius 3 is 2.29 bits per heavy atom. The van der Waals surface area contributed by atoms with Gasteiger partial charge < -0.3 is 15.0 Å². The van der Waals surface area contributed by atoms with Gasteiger partial charge in [0.1, 0.15) is 0 Å². The number of nitrogens with one attached hydrogen (secondary N) is 2. The van der Waals surface area contributed by atoms with E-state index >= 15 is 0 Å². The van der Waals surface area contributed by atoms with Gasteiger partial charge in [-0.15, -0.1) is 0 Å². The lowest BCUT2D eigenvalue weighted by Crippen LogP contribution is -2.37. The maximum Gasteiger partial charge on any atom is 0.250 e. The van der Waals surface area contributed by atoms with Crippen LogP contribution in [0, 0.1) is 0 Å². The van der Waals surface area contributed by atoms with Crippen LogP contribution in [0.25, 0.3) is 0 Å². The zero-order valence-corrected chi connectivity index (χ0v) is 15.3. The standard InChI is InChI=1S/C20H21N7O/c1-3-7-16(8-4-1)15-21-26-19-23-18(22-17-9-5-2-6-10-17)24-20(25-19)27-11-13-28-14-12-27/h1-10,15H,11-14H2,(H2,22,23,24,25,26)/b21-15+. The third-order valence-corrected chi connectivity index (χ3v) is 4.13. The number of hydrazone groups is 1. The van der Waals surface area contributed by atoms with Gasteiger partial charge in [-0.05, 0) is 17.7 Å². The second kappa shape index (κ2) is 8.92. The maximum absolute atomic E-state index is 5.42. The summed E-state index contributed by atoms with van der Waals surface area (Å²) in [6.07, 6.45) is 1.72. The molecule has 1 aromatic heterocycles. The molecule has 0 amide bonds. The smallest absolute Gasteiger partial charge is 0.250 e. The minimum absolute atomic E-state index is 0.377. The number of benzene rings is 2. The molecule has 8 heteroatoms. The van der Waals surface area contributed by atoms with Crippen molar-refractivity contribution >= 4 is 29.7 Å². The molecule has 0 radical (unpaired) electrons. The Labute approximate surface area is 163 Å². The van der Waals surface area contributed by atoms with Gasteiger partial charge in [0.05, 0.1) is 19.4 Å². The van der Waals surface area contributed by atoms with E-state index in [4.69, 9.17) is 4.74 Å². The maximum atomic E-state index is 5.42. The topological polar surface area (TPSA) is 87.6 Å². The van der Waals surface area contributed by atoms with E-state index in [0.717, 1.165) is 24.3 Å². The van der Waals surface area contributed by atoms with Crippen LogP contribution in [0.4, 0.5) is 23.5 Å². The predicted octanol–water partition coefficient (Wildman–Crippen LogP) is 2.90. The van der Waals surface area contributed by atoms with E-state index in [1.54, 1.807) is 6.21 Å². The molecule has 142 valence electrons. The zero-order chi connectivity index (χ0) is 19.0. The lowest BCUT2D eigenvalue weighted by atomic mass is 10.2. The van der Waals surface area contributed by atoms with Crippen molar-refractivity contribution in [2.75, 3.05) is 41.9 Å². The van der Waals surface area contributed by atoms with Crippen LogP contribution in [0.5, 0.6) is 0 Å². The summed E-state index contributed by atoms with van der Waals surface area (Å²) < 4.78 is 5.42. The van der Waals surface area contributed by atoms with Gasteiger partial charge in [0.15, 0.2) is 0 Å². The summed E-state index contributed by atoms with van der Waals surface area (Å²) in [7, 11) is 0. The summed E-state index contributed by atoms with van der Waals surface area (Å²) in [6, 6.07) is 19.6. The van der Waals surface area contributed by atoms with E-state index in [1.807, 2.05) is 60.7 Å². The van der Waals surface area contributed by atoms with Crippen molar-refractivity contribution in [3.8, 4) is 0 Å². The molecule has 8 nitrogen and oxygen atoms in total. The lowest BCUT2D eigenvalue weighted by molar-refractivity contribution is 0.122. The largest absolute Gasteiger partial charge is 0.378 e. The van der Waals surface area contributed by atoms with Crippen molar-refractivity contribution in [2.24, 2.45) is 5.10 Å². The Balaban J connectivity index is 1.56. The molecule has 0 aliphatic carbocycles. The van der Waals surface area contributed by atoms with Gasteiger partial charge in [0.25, 0.3) is 0 Å². The monoisotopic (exact) mass is 375 g/mol. The minimum Gasteiger partial charge on any atom is -0.378 e. The van der Waals surface area contributed by atoms with Crippen LogP contribution < -0.4 is 15.6 Å². The van der Waals surface area contributed by atoms with E-state index in [-0.39, 0.29) is 0 Å². The zero-order valence-electron chi connectivity index (χ0n) is 15.3. The molecule has 0 atom stereocenters. The first-order valence-electron chi connectivity index (χ1n) is 9.12. The van der Waals surface area contributed by atoms with Gasteiger partial charge in [0.2, 0.25) is 17.8 Å². The van der Waals surface area contributed by atoms with Crippen LogP contribution in [-0.2, 0) is 4.74 Å². The highest BCUT2D eigenvalue weighted by atomic mass is 16.5. The Bertz CT molecular complexity index is 912. The first-order chi connectivity index (χ1) is 13.9. The molecule has 0 saturated carbocycles. The molecule has 2 aromatic carbocycles. The van der Waals surface area contributed by atoms with E-state index in [2.05, 4.69) is 35.7 Å². The lowest BCUT2D eigenvalue weighted by Gasteiger charge is -2.27. The van der Waals surface area contributed by atoms with Crippen LogP contribution in [0.15, 0.2) is 65.8 Å². The fourth-order valence-electron chi connectivity index (χ4n) is 2.73. The fourth-order valence-corrected chi connectivity index (χ4v) is 2.73. The van der Waals surface area contributed by atoms with E-state index in [0.29, 0.717) is 31.1 Å². The highest BCUT2D eigenvalue weighted by molar-refractivity contribution is 5.79. The Kier molecular flexibility index (Phi) is 5.69. The summed E-state index contributed by atoms with van der Waals surface area (Å²) in [5.74, 6) is 1.43. The molecule has 2 N–H and O–H groups in total. The number of hydrogen-bond acceptors (Lipinski definition) is 8. The van der Waals surface area contributed by atoms with E-state index in [1.165, 1.54) is 0 Å². The third kappa shape index (κ3) is 4.80. The number of morpholine rings is 1. The first kappa shape index (κ1) is 17.9. The molecule has 3 aromatic rings. The van der Waals surface area contributed by atoms with E-state index < -0.39 is 0 Å². The van der Waals surface area contributed by atoms with Gasteiger partial charge in [0, 0.05) is 18.8 Å². The highest BCUT2D eigenvalue weighted by Crippen LogP contribution is 2.18. The number of aromatic nitrogens is 3. The van der Waals surface area contributed by atoms with Gasteiger partial charge in [-0.3, -0.25) is 0 Å². The van der Waals surface area contributed by atoms with Crippen molar-refractivity contribution < 1.29 is 4.74 Å². The number of rotatable bonds is 6. The van der Waals surface area contributed by atoms with Gasteiger partial charge >= 0.3 is 0 Å². The quantitative estimate of drug-likeness (QED) is 0.506. The van der Waals surface area contributed by atoms with Crippen molar-refractivity contribution in [1.29, 1.82) is 0 Å². The van der Waals surface area contributed by atoms with Crippen molar-refractivity contribution in [3.05, 3.63) is 66.2 Å². The average Bonchev–Trinajstić information content (AvgIpc) is 2.76. The molecule has 0 unspecified atom stereocenters. The number of hydrogen-bond donors (Lipinski definition) is 2. The summed E-state index contributed by atoms with van der Waals surface area (Å²) in [5.41, 5.74) is 4.80. The second-order valence-corrected chi connectivity index (χ2v) is 6.15. The highest BCUT2D eigenvalue weighted by Gasteiger charge is 2.16. The third-order valence-electron chi connectivity index (χ3n) is 4.13. The minimum atomic E-state index is 0.377. The van der Waals surface area contributed by atoms with Crippen LogP contribution in [-0.4, -0.2) is 47.5 Å². The Hall–Kier alpha value is -3.52. The number of para-hydroxylation sites is 1. The van der Waals surface area contributed by atoms with Crippen molar-refractivity contribution in [3.63, 3.8) is 0 Å². The van der Waals surface area contributed by atoms with Gasteiger partial charge in [-0.1, -0.05) is 48.5 Å². The molecule has 1 aliphatic rings. The van der Waals surface area contributed by atoms with Crippen molar-refractivity contribution in [1.82, 2.24) is 15.0 Å². The van der Waals surface area contributed by atoms with Crippen LogP contribution >= 0.6 is 0 Å². The summed E-state index contributed by atoms with van der Waals surface area (Å²) in [5, 5.41) is 7.47. The molecule has 4 rings (SSSR count). The first-order valence-corrected chi connectivity index (χ1v) is 9.12. The molecule has 1 saturated heterocycles. The Morgan fingerprint density at radius 2 is 1.54 bits per heavy atom. The van der Waals surface area contributed by atoms with Gasteiger partial charge in [-0.25, -0.2) is 5.43 Å².